The number of ether oxygens (including phenoxy) is 1. The number of carbonyl (C=O) groups is 1. The van der Waals surface area contributed by atoms with Gasteiger partial charge in [0.15, 0.2) is 0 Å². The van der Waals surface area contributed by atoms with E-state index in [0.29, 0.717) is 5.75 Å². The fraction of sp³-hybridized carbons (Fsp3) is 0.273. The highest BCUT2D eigenvalue weighted by atomic mass is 32.1. The van der Waals surface area contributed by atoms with E-state index in [2.05, 4.69) is 5.32 Å². The number of nitrogens with two attached hydrogens (primary N) is 1. The monoisotopic (exact) mass is 238 g/mol. The van der Waals surface area contributed by atoms with Crippen LogP contribution in [-0.4, -0.2) is 16.6 Å². The van der Waals surface area contributed by atoms with Gasteiger partial charge in [-0.3, -0.25) is 0 Å². The highest BCUT2D eigenvalue weighted by molar-refractivity contribution is 7.80. The summed E-state index contributed by atoms with van der Waals surface area (Å²) in [6, 6.07) is 8.77. The number of hydrogen-bond acceptors (Lipinski definition) is 3. The molecule has 1 amide bonds. The number of thiocarbonyl (C=S) groups is 1. The van der Waals surface area contributed by atoms with Crippen LogP contribution in [0.1, 0.15) is 13.8 Å². The lowest BCUT2D eigenvalue weighted by Crippen LogP contribution is -2.52. The van der Waals surface area contributed by atoms with E-state index >= 15 is 0 Å². The largest absolute Gasteiger partial charge is 0.413 e. The van der Waals surface area contributed by atoms with Crippen LogP contribution in [0.4, 0.5) is 4.79 Å². The maximum Gasteiger partial charge on any atom is 0.413 e. The summed E-state index contributed by atoms with van der Waals surface area (Å²) in [5, 5.41) is 2.58. The van der Waals surface area contributed by atoms with Gasteiger partial charge in [0.1, 0.15) is 5.75 Å². The Labute approximate surface area is 99.8 Å². The van der Waals surface area contributed by atoms with Gasteiger partial charge in [-0.2, -0.15) is 0 Å². The second-order valence-electron chi connectivity index (χ2n) is 3.82. The molecule has 0 fully saturated rings. The van der Waals surface area contributed by atoms with E-state index in [-0.39, 0.29) is 4.99 Å². The molecule has 3 N–H and O–H groups in total. The number of carbonyl (C=O) groups excluding carboxylic acids is 1. The molecule has 0 saturated heterocycles. The van der Waals surface area contributed by atoms with Crippen molar-refractivity contribution in [1.29, 1.82) is 0 Å². The first-order valence-electron chi connectivity index (χ1n) is 4.77. The molecule has 0 heterocycles. The van der Waals surface area contributed by atoms with Crippen LogP contribution in [-0.2, 0) is 0 Å². The number of nitrogens with one attached hydrogen (secondary N) is 1. The van der Waals surface area contributed by atoms with Crippen molar-refractivity contribution in [2.75, 3.05) is 0 Å². The number of hydrogen-bond donors (Lipinski definition) is 2. The zero-order valence-corrected chi connectivity index (χ0v) is 10.0. The Bertz CT molecular complexity index is 390. The van der Waals surface area contributed by atoms with Gasteiger partial charge in [0, 0.05) is 0 Å². The van der Waals surface area contributed by atoms with Crippen LogP contribution in [0.3, 0.4) is 0 Å². The molecule has 0 aliphatic heterocycles. The Balaban J connectivity index is 2.58. The summed E-state index contributed by atoms with van der Waals surface area (Å²) < 4.78 is 5.04. The molecule has 5 heteroatoms. The van der Waals surface area contributed by atoms with Gasteiger partial charge in [-0.15, -0.1) is 0 Å². The van der Waals surface area contributed by atoms with Crippen molar-refractivity contribution in [2.24, 2.45) is 5.73 Å². The van der Waals surface area contributed by atoms with Crippen molar-refractivity contribution >= 4 is 23.3 Å². The molecule has 0 unspecified atom stereocenters. The SMILES string of the molecule is CC(C)(NC(=O)Oc1ccccc1)C(N)=S. The summed E-state index contributed by atoms with van der Waals surface area (Å²) in [6.07, 6.45) is -0.580. The fourth-order valence-corrected chi connectivity index (χ4v) is 0.989. The maximum atomic E-state index is 11.5. The van der Waals surface area contributed by atoms with Crippen molar-refractivity contribution in [3.8, 4) is 5.75 Å². The second kappa shape index (κ2) is 4.94. The van der Waals surface area contributed by atoms with E-state index < -0.39 is 11.6 Å². The van der Waals surface area contributed by atoms with Gasteiger partial charge in [0.05, 0.1) is 10.5 Å². The van der Waals surface area contributed by atoms with Crippen LogP contribution in [0, 0.1) is 0 Å². The van der Waals surface area contributed by atoms with Crippen LogP contribution < -0.4 is 15.8 Å². The van der Waals surface area contributed by atoms with Crippen molar-refractivity contribution in [3.63, 3.8) is 0 Å². The number of amides is 1. The van der Waals surface area contributed by atoms with E-state index in [1.54, 1.807) is 38.1 Å². The van der Waals surface area contributed by atoms with Gasteiger partial charge in [-0.25, -0.2) is 4.79 Å². The van der Waals surface area contributed by atoms with Crippen molar-refractivity contribution in [2.45, 2.75) is 19.4 Å². The third kappa shape index (κ3) is 3.51. The molecule has 0 aromatic heterocycles. The molecule has 0 aliphatic rings. The molecule has 16 heavy (non-hydrogen) atoms. The minimum Gasteiger partial charge on any atom is -0.410 e. The quantitative estimate of drug-likeness (QED) is 0.789. The Kier molecular flexibility index (Phi) is 3.84. The third-order valence-electron chi connectivity index (χ3n) is 1.98. The van der Waals surface area contributed by atoms with Gasteiger partial charge < -0.3 is 15.8 Å². The molecule has 1 rings (SSSR count). The number of benzene rings is 1. The molecule has 0 spiro atoms. The predicted octanol–water partition coefficient (Wildman–Crippen LogP) is 1.84. The number of para-hydroxylation sites is 1. The van der Waals surface area contributed by atoms with Crippen molar-refractivity contribution in [3.05, 3.63) is 30.3 Å². The summed E-state index contributed by atoms with van der Waals surface area (Å²) in [4.78, 5) is 11.7. The van der Waals surface area contributed by atoms with Crippen molar-refractivity contribution < 1.29 is 9.53 Å². The standard InChI is InChI=1S/C11H14N2O2S/c1-11(2,9(12)16)13-10(14)15-8-6-4-3-5-7-8/h3-7H,1-2H3,(H2,12,16)(H,13,14). The predicted molar refractivity (Wildman–Crippen MR) is 66.5 cm³/mol. The van der Waals surface area contributed by atoms with Crippen LogP contribution in [0.2, 0.25) is 0 Å². The molecule has 1 aromatic rings. The molecule has 4 nitrogen and oxygen atoms in total. The first-order chi connectivity index (χ1) is 7.42. The summed E-state index contributed by atoms with van der Waals surface area (Å²) in [6.45, 7) is 3.42. The molecule has 1 aromatic carbocycles. The molecule has 0 saturated carbocycles. The molecular formula is C11H14N2O2S. The zero-order valence-electron chi connectivity index (χ0n) is 9.19. The van der Waals surface area contributed by atoms with E-state index in [1.165, 1.54) is 0 Å². The molecule has 0 aliphatic carbocycles. The van der Waals surface area contributed by atoms with Crippen LogP contribution in [0.5, 0.6) is 5.75 Å². The van der Waals surface area contributed by atoms with Crippen LogP contribution in [0.15, 0.2) is 30.3 Å². The average Bonchev–Trinajstić information content (AvgIpc) is 2.17. The molecular weight excluding hydrogens is 224 g/mol. The first kappa shape index (κ1) is 12.4. The van der Waals surface area contributed by atoms with Crippen LogP contribution >= 0.6 is 12.2 Å². The Morgan fingerprint density at radius 1 is 1.38 bits per heavy atom. The summed E-state index contributed by atoms with van der Waals surface area (Å²) in [5.41, 5.74) is 4.71. The highest BCUT2D eigenvalue weighted by Crippen LogP contribution is 2.09. The normalized spacial score (nSPS) is 10.6. The number of rotatable bonds is 3. The first-order valence-corrected chi connectivity index (χ1v) is 5.17. The molecule has 0 radical (unpaired) electrons. The topological polar surface area (TPSA) is 64.3 Å². The van der Waals surface area contributed by atoms with Gasteiger partial charge in [0.2, 0.25) is 0 Å². The minimum absolute atomic E-state index is 0.206. The third-order valence-corrected chi connectivity index (χ3v) is 2.49. The molecule has 86 valence electrons. The van der Waals surface area contributed by atoms with Gasteiger partial charge in [0.25, 0.3) is 0 Å². The van der Waals surface area contributed by atoms with E-state index in [1.807, 2.05) is 6.07 Å². The summed E-state index contributed by atoms with van der Waals surface area (Å²) in [7, 11) is 0. The zero-order chi connectivity index (χ0) is 12.2. The van der Waals surface area contributed by atoms with E-state index in [4.69, 9.17) is 22.7 Å². The summed E-state index contributed by atoms with van der Waals surface area (Å²) in [5.74, 6) is 0.471. The lowest BCUT2D eigenvalue weighted by Gasteiger charge is -2.23. The van der Waals surface area contributed by atoms with E-state index in [9.17, 15) is 4.79 Å². The lowest BCUT2D eigenvalue weighted by atomic mass is 10.1. The Hall–Kier alpha value is -1.62. The lowest BCUT2D eigenvalue weighted by molar-refractivity contribution is 0.194. The molecule has 0 atom stereocenters. The van der Waals surface area contributed by atoms with Crippen LogP contribution in [0.25, 0.3) is 0 Å². The molecule has 0 bridgehead atoms. The summed E-state index contributed by atoms with van der Waals surface area (Å²) >= 11 is 4.82. The Morgan fingerprint density at radius 2 is 1.94 bits per heavy atom. The smallest absolute Gasteiger partial charge is 0.410 e. The Morgan fingerprint density at radius 3 is 2.44 bits per heavy atom. The maximum absolute atomic E-state index is 11.5. The average molecular weight is 238 g/mol. The minimum atomic E-state index is -0.763. The fourth-order valence-electron chi connectivity index (χ4n) is 0.938. The highest BCUT2D eigenvalue weighted by Gasteiger charge is 2.24. The van der Waals surface area contributed by atoms with Gasteiger partial charge in [-0.05, 0) is 26.0 Å². The van der Waals surface area contributed by atoms with Gasteiger partial charge in [-0.1, -0.05) is 30.4 Å². The van der Waals surface area contributed by atoms with E-state index in [0.717, 1.165) is 0 Å². The van der Waals surface area contributed by atoms with Crippen molar-refractivity contribution in [1.82, 2.24) is 5.32 Å². The second-order valence-corrected chi connectivity index (χ2v) is 4.26. The van der Waals surface area contributed by atoms with Gasteiger partial charge >= 0.3 is 6.09 Å².